The number of rotatable bonds is 7. The van der Waals surface area contributed by atoms with Crippen molar-refractivity contribution in [2.75, 3.05) is 33.4 Å². The molecule has 1 aromatic rings. The standard InChI is InChI=1S/C15H26N2O2/c1-13(10-14-4-3-9-19-14)17-11-15(12-18-2)5-7-16-8-6-15/h3-4,9,13,16-17H,5-8,10-12H2,1-2H3. The minimum Gasteiger partial charge on any atom is -0.469 e. The number of furan rings is 1. The summed E-state index contributed by atoms with van der Waals surface area (Å²) >= 11 is 0. The first kappa shape index (κ1) is 14.6. The SMILES string of the molecule is COCC1(CNC(C)Cc2ccco2)CCNCC1. The first-order chi connectivity index (χ1) is 9.24. The molecule has 0 aliphatic carbocycles. The second kappa shape index (κ2) is 7.08. The maximum Gasteiger partial charge on any atom is 0.105 e. The third-order valence-electron chi connectivity index (χ3n) is 4.03. The van der Waals surface area contributed by atoms with Crippen molar-refractivity contribution < 1.29 is 9.15 Å². The van der Waals surface area contributed by atoms with Crippen LogP contribution in [0.4, 0.5) is 0 Å². The fourth-order valence-corrected chi connectivity index (χ4v) is 2.83. The lowest BCUT2D eigenvalue weighted by Gasteiger charge is -2.38. The molecule has 4 nitrogen and oxygen atoms in total. The molecule has 0 bridgehead atoms. The Labute approximate surface area is 115 Å². The molecule has 19 heavy (non-hydrogen) atoms. The molecule has 1 aliphatic rings. The number of hydrogen-bond acceptors (Lipinski definition) is 4. The fraction of sp³-hybridized carbons (Fsp3) is 0.733. The monoisotopic (exact) mass is 266 g/mol. The highest BCUT2D eigenvalue weighted by Crippen LogP contribution is 2.28. The second-order valence-corrected chi connectivity index (χ2v) is 5.75. The summed E-state index contributed by atoms with van der Waals surface area (Å²) < 4.78 is 10.8. The van der Waals surface area contributed by atoms with Crippen LogP contribution in [0.1, 0.15) is 25.5 Å². The zero-order chi connectivity index (χ0) is 13.6. The lowest BCUT2D eigenvalue weighted by Crippen LogP contribution is -2.48. The van der Waals surface area contributed by atoms with E-state index in [-0.39, 0.29) is 5.41 Å². The third kappa shape index (κ3) is 4.34. The van der Waals surface area contributed by atoms with Crippen LogP contribution in [0.3, 0.4) is 0 Å². The molecule has 0 radical (unpaired) electrons. The van der Waals surface area contributed by atoms with E-state index in [9.17, 15) is 0 Å². The van der Waals surface area contributed by atoms with Crippen molar-refractivity contribution in [3.8, 4) is 0 Å². The largest absolute Gasteiger partial charge is 0.469 e. The number of nitrogens with one attached hydrogen (secondary N) is 2. The summed E-state index contributed by atoms with van der Waals surface area (Å²) in [6.45, 7) is 6.26. The highest BCUT2D eigenvalue weighted by atomic mass is 16.5. The number of methoxy groups -OCH3 is 1. The van der Waals surface area contributed by atoms with E-state index in [1.54, 1.807) is 13.4 Å². The molecule has 1 aromatic heterocycles. The van der Waals surface area contributed by atoms with Gasteiger partial charge in [0.25, 0.3) is 0 Å². The van der Waals surface area contributed by atoms with Crippen molar-refractivity contribution in [2.24, 2.45) is 5.41 Å². The zero-order valence-electron chi connectivity index (χ0n) is 12.1. The van der Waals surface area contributed by atoms with Gasteiger partial charge in [-0.15, -0.1) is 0 Å². The van der Waals surface area contributed by atoms with Crippen molar-refractivity contribution in [3.05, 3.63) is 24.2 Å². The van der Waals surface area contributed by atoms with Gasteiger partial charge in [0, 0.05) is 31.5 Å². The Morgan fingerprint density at radius 2 is 2.26 bits per heavy atom. The normalized spacial score (nSPS) is 20.3. The van der Waals surface area contributed by atoms with Gasteiger partial charge in [-0.25, -0.2) is 0 Å². The third-order valence-corrected chi connectivity index (χ3v) is 4.03. The Bertz CT molecular complexity index is 340. The van der Waals surface area contributed by atoms with Gasteiger partial charge >= 0.3 is 0 Å². The topological polar surface area (TPSA) is 46.4 Å². The van der Waals surface area contributed by atoms with Gasteiger partial charge < -0.3 is 19.8 Å². The molecule has 4 heteroatoms. The van der Waals surface area contributed by atoms with Crippen LogP contribution >= 0.6 is 0 Å². The average Bonchev–Trinajstić information content (AvgIpc) is 2.91. The molecule has 0 amide bonds. The fourth-order valence-electron chi connectivity index (χ4n) is 2.83. The van der Waals surface area contributed by atoms with Crippen molar-refractivity contribution in [1.29, 1.82) is 0 Å². The van der Waals surface area contributed by atoms with Crippen LogP contribution in [0.5, 0.6) is 0 Å². The summed E-state index contributed by atoms with van der Waals surface area (Å²) in [5.41, 5.74) is 0.289. The molecule has 2 heterocycles. The van der Waals surface area contributed by atoms with Crippen LogP contribution in [0.2, 0.25) is 0 Å². The van der Waals surface area contributed by atoms with Crippen LogP contribution in [0.15, 0.2) is 22.8 Å². The highest BCUT2D eigenvalue weighted by molar-refractivity contribution is 5.00. The van der Waals surface area contributed by atoms with Crippen LogP contribution < -0.4 is 10.6 Å². The van der Waals surface area contributed by atoms with Gasteiger partial charge in [-0.3, -0.25) is 0 Å². The van der Waals surface area contributed by atoms with E-state index in [0.717, 1.165) is 38.4 Å². The Balaban J connectivity index is 1.80. The highest BCUT2D eigenvalue weighted by Gasteiger charge is 2.32. The molecule has 0 aromatic carbocycles. The van der Waals surface area contributed by atoms with E-state index in [4.69, 9.17) is 9.15 Å². The molecule has 2 N–H and O–H groups in total. The molecule has 1 aliphatic heterocycles. The van der Waals surface area contributed by atoms with E-state index < -0.39 is 0 Å². The van der Waals surface area contributed by atoms with Crippen molar-refractivity contribution in [3.63, 3.8) is 0 Å². The van der Waals surface area contributed by atoms with E-state index in [0.29, 0.717) is 6.04 Å². The summed E-state index contributed by atoms with van der Waals surface area (Å²) in [7, 11) is 1.80. The van der Waals surface area contributed by atoms with Gasteiger partial charge in [0.05, 0.1) is 12.9 Å². The minimum atomic E-state index is 0.289. The molecule has 0 saturated carbocycles. The van der Waals surface area contributed by atoms with Gasteiger partial charge in [-0.05, 0) is 45.0 Å². The zero-order valence-corrected chi connectivity index (χ0v) is 12.1. The minimum absolute atomic E-state index is 0.289. The Morgan fingerprint density at radius 1 is 1.47 bits per heavy atom. The van der Waals surface area contributed by atoms with Gasteiger partial charge in [-0.1, -0.05) is 0 Å². The maximum atomic E-state index is 5.44. The first-order valence-corrected chi connectivity index (χ1v) is 7.19. The Morgan fingerprint density at radius 3 is 2.89 bits per heavy atom. The second-order valence-electron chi connectivity index (χ2n) is 5.75. The summed E-state index contributed by atoms with van der Waals surface area (Å²) in [6.07, 6.45) is 5.04. The van der Waals surface area contributed by atoms with Gasteiger partial charge in [0.1, 0.15) is 5.76 Å². The van der Waals surface area contributed by atoms with Crippen molar-refractivity contribution in [1.82, 2.24) is 10.6 Å². The van der Waals surface area contributed by atoms with Gasteiger partial charge in [-0.2, -0.15) is 0 Å². The maximum absolute atomic E-state index is 5.44. The lowest BCUT2D eigenvalue weighted by molar-refractivity contribution is 0.0518. The molecule has 108 valence electrons. The number of piperidine rings is 1. The Kier molecular flexibility index (Phi) is 5.43. The van der Waals surface area contributed by atoms with E-state index in [1.165, 1.54) is 12.8 Å². The lowest BCUT2D eigenvalue weighted by atomic mass is 9.79. The smallest absolute Gasteiger partial charge is 0.105 e. The Hall–Kier alpha value is -0.840. The van der Waals surface area contributed by atoms with Crippen molar-refractivity contribution in [2.45, 2.75) is 32.2 Å². The summed E-state index contributed by atoms with van der Waals surface area (Å²) in [5.74, 6) is 1.05. The number of hydrogen-bond donors (Lipinski definition) is 2. The van der Waals surface area contributed by atoms with Gasteiger partial charge in [0.15, 0.2) is 0 Å². The van der Waals surface area contributed by atoms with Crippen LogP contribution in [-0.2, 0) is 11.2 Å². The predicted molar refractivity (Wildman–Crippen MR) is 76.3 cm³/mol. The summed E-state index contributed by atoms with van der Waals surface area (Å²) in [4.78, 5) is 0. The predicted octanol–water partition coefficient (Wildman–Crippen LogP) is 1.82. The molecule has 1 saturated heterocycles. The van der Waals surface area contributed by atoms with E-state index >= 15 is 0 Å². The molecular formula is C15H26N2O2. The molecule has 1 atom stereocenters. The first-order valence-electron chi connectivity index (χ1n) is 7.19. The molecule has 0 spiro atoms. The van der Waals surface area contributed by atoms with Crippen LogP contribution in [-0.4, -0.2) is 39.4 Å². The quantitative estimate of drug-likeness (QED) is 0.790. The number of ether oxygens (including phenoxy) is 1. The summed E-state index contributed by atoms with van der Waals surface area (Å²) in [6, 6.07) is 4.41. The van der Waals surface area contributed by atoms with Gasteiger partial charge in [0.2, 0.25) is 0 Å². The molecular weight excluding hydrogens is 240 g/mol. The van der Waals surface area contributed by atoms with Crippen molar-refractivity contribution >= 4 is 0 Å². The molecule has 2 rings (SSSR count). The molecule has 1 unspecified atom stereocenters. The van der Waals surface area contributed by atoms with E-state index in [1.807, 2.05) is 12.1 Å². The molecule has 1 fully saturated rings. The summed E-state index contributed by atoms with van der Waals surface area (Å²) in [5, 5.41) is 7.07. The van der Waals surface area contributed by atoms with Crippen LogP contribution in [0, 0.1) is 5.41 Å². The average molecular weight is 266 g/mol. The van der Waals surface area contributed by atoms with E-state index in [2.05, 4.69) is 17.6 Å². The van der Waals surface area contributed by atoms with Crippen LogP contribution in [0.25, 0.3) is 0 Å².